The van der Waals surface area contributed by atoms with Gasteiger partial charge in [0.1, 0.15) is 5.52 Å². The largest absolute Gasteiger partial charge is 0.323 e. The first-order chi connectivity index (χ1) is 16.1. The summed E-state index contributed by atoms with van der Waals surface area (Å²) >= 11 is 0. The third-order valence-corrected chi connectivity index (χ3v) is 5.41. The number of aromatic nitrogens is 7. The van der Waals surface area contributed by atoms with E-state index in [2.05, 4.69) is 31.4 Å². The number of fused-ring (bicyclic) bond motifs is 2. The summed E-state index contributed by atoms with van der Waals surface area (Å²) in [5.41, 5.74) is 4.54. The van der Waals surface area contributed by atoms with Gasteiger partial charge in [0.15, 0.2) is 5.82 Å². The molecule has 3 aromatic carbocycles. The third kappa shape index (κ3) is 2.99. The minimum absolute atomic E-state index is 0.124. The zero-order valence-electron chi connectivity index (χ0n) is 16.8. The first-order valence-corrected chi connectivity index (χ1v) is 9.93. The van der Waals surface area contributed by atoms with E-state index >= 15 is 4.39 Å². The number of imidazole rings is 1. The van der Waals surface area contributed by atoms with Crippen molar-refractivity contribution in [3.63, 3.8) is 0 Å². The maximum Gasteiger partial charge on any atom is 0.323 e. The van der Waals surface area contributed by atoms with Crippen molar-refractivity contribution in [1.82, 2.24) is 34.7 Å². The minimum atomic E-state index is -0.525. The average Bonchev–Trinajstić information content (AvgIpc) is 3.55. The lowest BCUT2D eigenvalue weighted by Crippen LogP contribution is -2.00. The van der Waals surface area contributed by atoms with E-state index in [9.17, 15) is 10.1 Å². The van der Waals surface area contributed by atoms with Gasteiger partial charge in [-0.1, -0.05) is 11.3 Å². The van der Waals surface area contributed by atoms with Gasteiger partial charge in [-0.05, 0) is 54.6 Å². The summed E-state index contributed by atoms with van der Waals surface area (Å²) in [4.78, 5) is 17.0. The molecule has 9 nitrogen and oxygen atoms in total. The number of hydrogen-bond donors (Lipinski definition) is 2. The highest BCUT2D eigenvalue weighted by Gasteiger charge is 2.17. The summed E-state index contributed by atoms with van der Waals surface area (Å²) in [5, 5.41) is 21.7. The van der Waals surface area contributed by atoms with E-state index in [0.717, 1.165) is 0 Å². The number of halogens is 1. The third-order valence-electron chi connectivity index (χ3n) is 5.41. The summed E-state index contributed by atoms with van der Waals surface area (Å²) in [6, 6.07) is 19.3. The van der Waals surface area contributed by atoms with Gasteiger partial charge in [0.2, 0.25) is 0 Å². The molecule has 0 atom stereocenters. The van der Waals surface area contributed by atoms with Crippen LogP contribution < -0.4 is 5.69 Å². The van der Waals surface area contributed by atoms with Crippen LogP contribution in [0.25, 0.3) is 44.7 Å². The fourth-order valence-corrected chi connectivity index (χ4v) is 3.91. The lowest BCUT2D eigenvalue weighted by atomic mass is 10.1. The molecule has 0 aliphatic carbocycles. The maximum atomic E-state index is 15.0. The van der Waals surface area contributed by atoms with E-state index in [-0.39, 0.29) is 11.2 Å². The topological polar surface area (TPSA) is 121 Å². The molecule has 0 aliphatic heterocycles. The molecule has 3 heterocycles. The van der Waals surface area contributed by atoms with Crippen LogP contribution >= 0.6 is 0 Å². The van der Waals surface area contributed by atoms with Crippen molar-refractivity contribution >= 4 is 22.1 Å². The lowest BCUT2D eigenvalue weighted by molar-refractivity contribution is 0.636. The zero-order valence-corrected chi connectivity index (χ0v) is 16.8. The number of aromatic amines is 2. The van der Waals surface area contributed by atoms with Crippen molar-refractivity contribution in [2.45, 2.75) is 0 Å². The Balaban J connectivity index is 1.53. The molecule has 6 aromatic rings. The van der Waals surface area contributed by atoms with E-state index in [0.29, 0.717) is 44.7 Å². The summed E-state index contributed by atoms with van der Waals surface area (Å²) in [5.74, 6) is -0.525. The molecule has 10 heteroatoms. The molecule has 158 valence electrons. The quantitative estimate of drug-likeness (QED) is 0.440. The van der Waals surface area contributed by atoms with Crippen molar-refractivity contribution in [1.29, 1.82) is 5.26 Å². The van der Waals surface area contributed by atoms with Crippen LogP contribution in [0.5, 0.6) is 0 Å². The molecule has 0 spiro atoms. The van der Waals surface area contributed by atoms with Crippen LogP contribution in [-0.2, 0) is 0 Å². The van der Waals surface area contributed by atoms with E-state index in [1.165, 1.54) is 10.7 Å². The molecule has 0 saturated heterocycles. The van der Waals surface area contributed by atoms with E-state index in [1.807, 2.05) is 6.07 Å². The van der Waals surface area contributed by atoms with Gasteiger partial charge in [0.05, 0.1) is 51.4 Å². The monoisotopic (exact) mass is 436 g/mol. The molecule has 0 unspecified atom stereocenters. The summed E-state index contributed by atoms with van der Waals surface area (Å²) < 4.78 is 18.2. The maximum absolute atomic E-state index is 15.0. The fraction of sp³-hybridized carbons (Fsp3) is 0. The molecule has 0 aliphatic rings. The number of hydrogen-bond acceptors (Lipinski definition) is 5. The van der Waals surface area contributed by atoms with Crippen LogP contribution in [-0.4, -0.2) is 34.7 Å². The lowest BCUT2D eigenvalue weighted by Gasteiger charge is -2.09. The summed E-state index contributed by atoms with van der Waals surface area (Å²) in [6.45, 7) is 0. The number of nitriles is 1. The molecule has 33 heavy (non-hydrogen) atoms. The van der Waals surface area contributed by atoms with Crippen molar-refractivity contribution in [2.24, 2.45) is 0 Å². The highest BCUT2D eigenvalue weighted by molar-refractivity contribution is 5.84. The number of rotatable bonds is 3. The Kier molecular flexibility index (Phi) is 3.97. The minimum Gasteiger partial charge on any atom is -0.306 e. The highest BCUT2D eigenvalue weighted by atomic mass is 19.1. The van der Waals surface area contributed by atoms with Crippen molar-refractivity contribution < 1.29 is 4.39 Å². The molecule has 3 aromatic heterocycles. The predicted molar refractivity (Wildman–Crippen MR) is 119 cm³/mol. The van der Waals surface area contributed by atoms with Gasteiger partial charge >= 0.3 is 5.69 Å². The highest BCUT2D eigenvalue weighted by Crippen LogP contribution is 2.29. The first kappa shape index (κ1) is 18.7. The Morgan fingerprint density at radius 2 is 1.79 bits per heavy atom. The second kappa shape index (κ2) is 7.00. The van der Waals surface area contributed by atoms with E-state index < -0.39 is 5.82 Å². The van der Waals surface area contributed by atoms with E-state index in [4.69, 9.17) is 0 Å². The van der Waals surface area contributed by atoms with Crippen LogP contribution in [0, 0.1) is 17.1 Å². The molecular formula is C23H13FN8O. The van der Waals surface area contributed by atoms with Crippen molar-refractivity contribution in [3.05, 3.63) is 88.7 Å². The molecule has 0 amide bonds. The van der Waals surface area contributed by atoms with Gasteiger partial charge in [-0.15, -0.1) is 5.10 Å². The summed E-state index contributed by atoms with van der Waals surface area (Å²) in [7, 11) is 0. The Morgan fingerprint density at radius 3 is 2.67 bits per heavy atom. The number of nitrogens with zero attached hydrogens (tertiary/aromatic N) is 6. The molecule has 6 rings (SSSR count). The number of nitrogens with one attached hydrogen (secondary N) is 2. The standard InChI is InChI=1S/C23H13FN8O/c24-17-9-14(20-6-7-26-31(20)15-3-1-2-13(8-15)12-25)10-21-22(17)29-30-32(21)16-4-5-18-19(11-16)28-23(33)27-18/h1-11H,(H2,27,28,33). The number of H-pyrrole nitrogens is 2. The smallest absolute Gasteiger partial charge is 0.306 e. The second-order valence-corrected chi connectivity index (χ2v) is 7.43. The van der Waals surface area contributed by atoms with Crippen molar-refractivity contribution in [2.75, 3.05) is 0 Å². The Bertz CT molecular complexity index is 1780. The van der Waals surface area contributed by atoms with Gasteiger partial charge in [0.25, 0.3) is 0 Å². The Labute approximate surface area is 184 Å². The van der Waals surface area contributed by atoms with Crippen LogP contribution in [0.2, 0.25) is 0 Å². The molecule has 0 saturated carbocycles. The molecule has 2 N–H and O–H groups in total. The van der Waals surface area contributed by atoms with Crippen molar-refractivity contribution in [3.8, 4) is 28.7 Å². The predicted octanol–water partition coefficient (Wildman–Crippen LogP) is 3.45. The van der Waals surface area contributed by atoms with Crippen LogP contribution in [0.3, 0.4) is 0 Å². The summed E-state index contributed by atoms with van der Waals surface area (Å²) in [6.07, 6.45) is 1.61. The van der Waals surface area contributed by atoms with Gasteiger partial charge in [0, 0.05) is 5.56 Å². The molecule has 0 bridgehead atoms. The SMILES string of the molecule is N#Cc1cccc(-n2nccc2-c2cc(F)c3nnn(-c4ccc5[nH]c(=O)[nH]c5c4)c3c2)c1. The zero-order chi connectivity index (χ0) is 22.5. The average molecular weight is 436 g/mol. The van der Waals surface area contributed by atoms with Gasteiger partial charge < -0.3 is 9.97 Å². The van der Waals surface area contributed by atoms with Gasteiger partial charge in [-0.3, -0.25) is 0 Å². The van der Waals surface area contributed by atoms with Crippen LogP contribution in [0.1, 0.15) is 5.56 Å². The second-order valence-electron chi connectivity index (χ2n) is 7.43. The normalized spacial score (nSPS) is 11.3. The molecule has 0 radical (unpaired) electrons. The van der Waals surface area contributed by atoms with E-state index in [1.54, 1.807) is 59.4 Å². The van der Waals surface area contributed by atoms with Gasteiger partial charge in [-0.2, -0.15) is 10.4 Å². The van der Waals surface area contributed by atoms with Crippen LogP contribution in [0.15, 0.2) is 71.7 Å². The van der Waals surface area contributed by atoms with Gasteiger partial charge in [-0.25, -0.2) is 18.5 Å². The Hall–Kier alpha value is -5.04. The first-order valence-electron chi connectivity index (χ1n) is 9.93. The number of benzene rings is 3. The molecular weight excluding hydrogens is 423 g/mol. The molecule has 0 fully saturated rings. The Morgan fingerprint density at radius 1 is 0.939 bits per heavy atom. The fourth-order valence-electron chi connectivity index (χ4n) is 3.91. The van der Waals surface area contributed by atoms with Crippen LogP contribution in [0.4, 0.5) is 4.39 Å².